The molecule has 0 spiro atoms. The number of H-pyrrole nitrogens is 1. The van der Waals surface area contributed by atoms with E-state index in [0.29, 0.717) is 9.79 Å². The van der Waals surface area contributed by atoms with Gasteiger partial charge in [0.25, 0.3) is 0 Å². The zero-order valence-corrected chi connectivity index (χ0v) is 13.7. The molecule has 114 valence electrons. The standard InChI is InChI=1S/C16H14FNO2S2/c1-10-7-12-14(18-10)8-11(22(2,19)20)9-16(12)21-15-6-4-3-5-13(15)17/h3-9,18H,1-2H3. The zero-order valence-electron chi connectivity index (χ0n) is 12.1. The predicted molar refractivity (Wildman–Crippen MR) is 86.7 cm³/mol. The first-order valence-electron chi connectivity index (χ1n) is 6.60. The van der Waals surface area contributed by atoms with Crippen LogP contribution >= 0.6 is 11.8 Å². The van der Waals surface area contributed by atoms with Crippen molar-refractivity contribution in [2.75, 3.05) is 6.26 Å². The summed E-state index contributed by atoms with van der Waals surface area (Å²) in [6.07, 6.45) is 1.17. The van der Waals surface area contributed by atoms with E-state index in [1.165, 1.54) is 24.1 Å². The topological polar surface area (TPSA) is 49.9 Å². The molecule has 0 saturated heterocycles. The van der Waals surface area contributed by atoms with Crippen molar-refractivity contribution >= 4 is 32.5 Å². The van der Waals surface area contributed by atoms with Gasteiger partial charge in [-0.3, -0.25) is 0 Å². The molecule has 3 nitrogen and oxygen atoms in total. The Morgan fingerprint density at radius 2 is 1.82 bits per heavy atom. The Morgan fingerprint density at radius 3 is 2.50 bits per heavy atom. The normalized spacial score (nSPS) is 12.0. The minimum Gasteiger partial charge on any atom is -0.359 e. The smallest absolute Gasteiger partial charge is 0.175 e. The Kier molecular flexibility index (Phi) is 3.74. The number of benzene rings is 2. The van der Waals surface area contributed by atoms with Crippen molar-refractivity contribution in [1.82, 2.24) is 4.98 Å². The number of hydrogen-bond acceptors (Lipinski definition) is 3. The second kappa shape index (κ2) is 5.44. The van der Waals surface area contributed by atoms with E-state index >= 15 is 0 Å². The molecule has 0 unspecified atom stereocenters. The summed E-state index contributed by atoms with van der Waals surface area (Å²) in [7, 11) is -3.34. The predicted octanol–water partition coefficient (Wildman–Crippen LogP) is 4.17. The quantitative estimate of drug-likeness (QED) is 0.781. The molecule has 0 fully saturated rings. The fourth-order valence-electron chi connectivity index (χ4n) is 2.26. The Bertz CT molecular complexity index is 961. The summed E-state index contributed by atoms with van der Waals surface area (Å²) in [5, 5.41) is 0.887. The first kappa shape index (κ1) is 15.1. The molecule has 3 rings (SSSR count). The van der Waals surface area contributed by atoms with Crippen LogP contribution in [0.2, 0.25) is 0 Å². The minimum atomic E-state index is -3.34. The number of aryl methyl sites for hydroxylation is 1. The van der Waals surface area contributed by atoms with Crippen molar-refractivity contribution in [2.45, 2.75) is 21.6 Å². The van der Waals surface area contributed by atoms with Crippen molar-refractivity contribution in [3.05, 3.63) is 54.0 Å². The van der Waals surface area contributed by atoms with E-state index in [9.17, 15) is 12.8 Å². The van der Waals surface area contributed by atoms with Gasteiger partial charge in [-0.05, 0) is 37.3 Å². The maximum absolute atomic E-state index is 13.9. The van der Waals surface area contributed by atoms with Crippen molar-refractivity contribution in [3.8, 4) is 0 Å². The van der Waals surface area contributed by atoms with Gasteiger partial charge >= 0.3 is 0 Å². The highest BCUT2D eigenvalue weighted by atomic mass is 32.2. The van der Waals surface area contributed by atoms with Crippen LogP contribution in [-0.4, -0.2) is 19.7 Å². The molecule has 2 aromatic carbocycles. The van der Waals surface area contributed by atoms with Crippen LogP contribution in [0.25, 0.3) is 10.9 Å². The van der Waals surface area contributed by atoms with Crippen LogP contribution < -0.4 is 0 Å². The van der Waals surface area contributed by atoms with Gasteiger partial charge in [-0.2, -0.15) is 0 Å². The zero-order chi connectivity index (χ0) is 15.9. The van der Waals surface area contributed by atoms with Gasteiger partial charge in [0.1, 0.15) is 5.82 Å². The highest BCUT2D eigenvalue weighted by Crippen LogP contribution is 2.37. The van der Waals surface area contributed by atoms with Crippen LogP contribution in [0.15, 0.2) is 57.2 Å². The van der Waals surface area contributed by atoms with Crippen LogP contribution in [0.1, 0.15) is 5.69 Å². The van der Waals surface area contributed by atoms with Crippen molar-refractivity contribution in [2.24, 2.45) is 0 Å². The third-order valence-corrected chi connectivity index (χ3v) is 5.49. The summed E-state index contributed by atoms with van der Waals surface area (Å²) in [5.41, 5.74) is 1.66. The average molecular weight is 335 g/mol. The molecule has 0 radical (unpaired) electrons. The number of nitrogens with one attached hydrogen (secondary N) is 1. The molecule has 6 heteroatoms. The molecule has 0 aliphatic rings. The molecule has 0 aliphatic heterocycles. The summed E-state index contributed by atoms with van der Waals surface area (Å²) in [6, 6.07) is 11.6. The van der Waals surface area contributed by atoms with Crippen LogP contribution in [0.3, 0.4) is 0 Å². The van der Waals surface area contributed by atoms with E-state index in [0.717, 1.165) is 16.6 Å². The summed E-state index contributed by atoms with van der Waals surface area (Å²) in [5.74, 6) is -0.322. The number of aromatic nitrogens is 1. The first-order valence-corrected chi connectivity index (χ1v) is 9.31. The van der Waals surface area contributed by atoms with Crippen molar-refractivity contribution < 1.29 is 12.8 Å². The van der Waals surface area contributed by atoms with Gasteiger partial charge in [0.2, 0.25) is 0 Å². The monoisotopic (exact) mass is 335 g/mol. The Hall–Kier alpha value is -1.79. The van der Waals surface area contributed by atoms with Gasteiger partial charge in [-0.25, -0.2) is 12.8 Å². The van der Waals surface area contributed by atoms with Crippen molar-refractivity contribution in [3.63, 3.8) is 0 Å². The fourth-order valence-corrected chi connectivity index (χ4v) is 4.02. The minimum absolute atomic E-state index is 0.223. The van der Waals surface area contributed by atoms with E-state index in [4.69, 9.17) is 0 Å². The molecule has 0 bridgehead atoms. The lowest BCUT2D eigenvalue weighted by Gasteiger charge is -2.07. The van der Waals surface area contributed by atoms with E-state index in [2.05, 4.69) is 4.98 Å². The number of halogens is 1. The first-order chi connectivity index (χ1) is 10.3. The van der Waals surface area contributed by atoms with Crippen LogP contribution in [-0.2, 0) is 9.84 Å². The molecule has 1 heterocycles. The van der Waals surface area contributed by atoms with Gasteiger partial charge in [0.15, 0.2) is 9.84 Å². The van der Waals surface area contributed by atoms with Gasteiger partial charge < -0.3 is 4.98 Å². The summed E-state index contributed by atoms with van der Waals surface area (Å²) in [6.45, 7) is 1.90. The van der Waals surface area contributed by atoms with Gasteiger partial charge in [0, 0.05) is 32.6 Å². The molecule has 1 N–H and O–H groups in total. The fraction of sp³-hybridized carbons (Fsp3) is 0.125. The summed E-state index contributed by atoms with van der Waals surface area (Å²) >= 11 is 1.23. The number of rotatable bonds is 3. The number of fused-ring (bicyclic) bond motifs is 1. The van der Waals surface area contributed by atoms with E-state index in [-0.39, 0.29) is 10.7 Å². The SMILES string of the molecule is Cc1cc2c(Sc3ccccc3F)cc(S(C)(=O)=O)cc2[nH]1. The number of aromatic amines is 1. The maximum Gasteiger partial charge on any atom is 0.175 e. The van der Waals surface area contributed by atoms with E-state index in [1.54, 1.807) is 30.3 Å². The lowest BCUT2D eigenvalue weighted by molar-refractivity contribution is 0.601. The molecule has 0 aliphatic carbocycles. The second-order valence-corrected chi connectivity index (χ2v) is 8.24. The van der Waals surface area contributed by atoms with Crippen LogP contribution in [0, 0.1) is 12.7 Å². The molecular formula is C16H14FNO2S2. The van der Waals surface area contributed by atoms with Gasteiger partial charge in [-0.1, -0.05) is 23.9 Å². The molecule has 0 amide bonds. The summed E-state index contributed by atoms with van der Waals surface area (Å²) in [4.78, 5) is 4.54. The maximum atomic E-state index is 13.9. The van der Waals surface area contributed by atoms with Crippen molar-refractivity contribution in [1.29, 1.82) is 0 Å². The lowest BCUT2D eigenvalue weighted by Crippen LogP contribution is -1.97. The Balaban J connectivity index is 2.21. The molecule has 0 saturated carbocycles. The van der Waals surface area contributed by atoms with E-state index < -0.39 is 9.84 Å². The van der Waals surface area contributed by atoms with Crippen LogP contribution in [0.5, 0.6) is 0 Å². The number of sulfone groups is 1. The second-order valence-electron chi connectivity index (χ2n) is 5.14. The Morgan fingerprint density at radius 1 is 1.09 bits per heavy atom. The number of hydrogen-bond donors (Lipinski definition) is 1. The highest BCUT2D eigenvalue weighted by molar-refractivity contribution is 7.99. The molecule has 0 atom stereocenters. The molecule has 1 aromatic heterocycles. The van der Waals surface area contributed by atoms with E-state index in [1.807, 2.05) is 13.0 Å². The summed E-state index contributed by atoms with van der Waals surface area (Å²) < 4.78 is 37.6. The van der Waals surface area contributed by atoms with Gasteiger partial charge in [0.05, 0.1) is 4.90 Å². The van der Waals surface area contributed by atoms with Gasteiger partial charge in [-0.15, -0.1) is 0 Å². The molecule has 22 heavy (non-hydrogen) atoms. The third kappa shape index (κ3) is 2.89. The highest BCUT2D eigenvalue weighted by Gasteiger charge is 2.15. The molecule has 3 aromatic rings. The third-order valence-electron chi connectivity index (χ3n) is 3.29. The lowest BCUT2D eigenvalue weighted by atomic mass is 10.2. The van der Waals surface area contributed by atoms with Crippen LogP contribution in [0.4, 0.5) is 4.39 Å². The molecular weight excluding hydrogens is 321 g/mol. The largest absolute Gasteiger partial charge is 0.359 e. The average Bonchev–Trinajstić information content (AvgIpc) is 2.81. The Labute approximate surface area is 132 Å².